The highest BCUT2D eigenvalue weighted by molar-refractivity contribution is 5.84. The van der Waals surface area contributed by atoms with Gasteiger partial charge in [0, 0.05) is 11.1 Å². The van der Waals surface area contributed by atoms with Crippen molar-refractivity contribution in [3.05, 3.63) is 36.0 Å². The van der Waals surface area contributed by atoms with E-state index in [9.17, 15) is 39.5 Å². The average Bonchev–Trinajstić information content (AvgIpc) is 2.46. The van der Waals surface area contributed by atoms with Gasteiger partial charge in [0.1, 0.15) is 5.52 Å². The quantitative estimate of drug-likeness (QED) is 0.671. The molecule has 0 aliphatic heterocycles. The summed E-state index contributed by atoms with van der Waals surface area (Å²) in [7, 11) is 0. The van der Waals surface area contributed by atoms with Gasteiger partial charge >= 0.3 is 24.1 Å². The molecule has 0 fully saturated rings. The molecule has 1 aromatic carbocycles. The summed E-state index contributed by atoms with van der Waals surface area (Å²) >= 11 is 0. The summed E-state index contributed by atoms with van der Waals surface area (Å²) in [5.41, 5.74) is -0.146. The third-order valence-corrected chi connectivity index (χ3v) is 3.18. The second-order valence-corrected chi connectivity index (χ2v) is 5.05. The maximum atomic E-state index is 13.6. The Kier molecular flexibility index (Phi) is 4.34. The lowest BCUT2D eigenvalue weighted by molar-refractivity contribution is -0.428. The van der Waals surface area contributed by atoms with Crippen molar-refractivity contribution < 1.29 is 44.3 Å². The van der Waals surface area contributed by atoms with E-state index in [1.165, 1.54) is 25.1 Å². The number of hydrogen-bond donors (Lipinski definition) is 0. The van der Waals surface area contributed by atoms with Gasteiger partial charge in [0.2, 0.25) is 0 Å². The highest BCUT2D eigenvalue weighted by Gasteiger charge is 2.83. The van der Waals surface area contributed by atoms with E-state index in [1.807, 2.05) is 0 Å². The molecule has 0 saturated heterocycles. The Balaban J connectivity index is 2.50. The number of benzene rings is 1. The van der Waals surface area contributed by atoms with Crippen LogP contribution in [0.3, 0.4) is 0 Å². The van der Waals surface area contributed by atoms with Gasteiger partial charge in [-0.25, -0.2) is 4.98 Å². The van der Waals surface area contributed by atoms with Crippen LogP contribution in [0.1, 0.15) is 5.69 Å². The molecule has 0 radical (unpaired) electrons. The highest BCUT2D eigenvalue weighted by Crippen LogP contribution is 2.53. The monoisotopic (exact) mass is 377 g/mol. The zero-order chi connectivity index (χ0) is 19.3. The van der Waals surface area contributed by atoms with Crippen molar-refractivity contribution in [2.45, 2.75) is 31.1 Å². The molecule has 0 saturated carbocycles. The summed E-state index contributed by atoms with van der Waals surface area (Å²) in [6.07, 6.45) is -13.1. The van der Waals surface area contributed by atoms with Gasteiger partial charge in [-0.05, 0) is 19.1 Å². The largest absolute Gasteiger partial charge is 0.471 e. The molecular weight excluding hydrogens is 369 g/mol. The van der Waals surface area contributed by atoms with E-state index in [0.717, 1.165) is 6.07 Å². The number of pyridine rings is 1. The lowest BCUT2D eigenvalue weighted by Crippen LogP contribution is -2.62. The van der Waals surface area contributed by atoms with Crippen molar-refractivity contribution in [2.24, 2.45) is 0 Å². The van der Waals surface area contributed by atoms with Crippen molar-refractivity contribution >= 4 is 10.9 Å². The average molecular weight is 377 g/mol. The zero-order valence-electron chi connectivity index (χ0n) is 12.1. The molecule has 25 heavy (non-hydrogen) atoms. The Bertz CT molecular complexity index is 785. The van der Waals surface area contributed by atoms with Crippen LogP contribution in [0, 0.1) is 6.92 Å². The van der Waals surface area contributed by atoms with Crippen LogP contribution in [0.5, 0.6) is 5.75 Å². The van der Waals surface area contributed by atoms with Gasteiger partial charge in [-0.1, -0.05) is 18.2 Å². The number of aromatic nitrogens is 1. The summed E-state index contributed by atoms with van der Waals surface area (Å²) in [5.74, 6) is -14.9. The molecule has 2 aromatic rings. The van der Waals surface area contributed by atoms with Crippen LogP contribution in [0.15, 0.2) is 30.3 Å². The van der Waals surface area contributed by atoms with E-state index in [-0.39, 0.29) is 11.1 Å². The lowest BCUT2D eigenvalue weighted by Gasteiger charge is -2.33. The van der Waals surface area contributed by atoms with Crippen LogP contribution in [0.4, 0.5) is 39.5 Å². The number of ether oxygens (including phenoxy) is 1. The Morgan fingerprint density at radius 3 is 1.96 bits per heavy atom. The van der Waals surface area contributed by atoms with Gasteiger partial charge in [-0.2, -0.15) is 39.5 Å². The maximum Gasteiger partial charge on any atom is 0.471 e. The number of fused-ring (bicyclic) bond motifs is 1. The molecule has 2 nitrogen and oxygen atoms in total. The molecule has 0 amide bonds. The standard InChI is InChI=1S/C14H8F9NO/c1-7-5-6-8-3-2-4-9(10(8)24-7)25-14(22,23)12(17,18)11(15,16)13(19,20)21/h2-6H,1H3. The molecule has 2 rings (SSSR count). The number of alkyl halides is 9. The predicted molar refractivity (Wildman–Crippen MR) is 68.0 cm³/mol. The van der Waals surface area contributed by atoms with Crippen LogP contribution in [-0.2, 0) is 0 Å². The number of halogens is 9. The number of hydrogen-bond acceptors (Lipinski definition) is 2. The molecule has 0 spiro atoms. The van der Waals surface area contributed by atoms with E-state index in [0.29, 0.717) is 6.07 Å². The summed E-state index contributed by atoms with van der Waals surface area (Å²) < 4.78 is 119. The van der Waals surface area contributed by atoms with Gasteiger partial charge in [0.15, 0.2) is 5.75 Å². The summed E-state index contributed by atoms with van der Waals surface area (Å²) in [6, 6.07) is 5.88. The third-order valence-electron chi connectivity index (χ3n) is 3.18. The van der Waals surface area contributed by atoms with Crippen molar-refractivity contribution in [2.75, 3.05) is 0 Å². The zero-order valence-corrected chi connectivity index (χ0v) is 12.1. The molecule has 138 valence electrons. The number of aryl methyl sites for hydroxylation is 1. The number of para-hydroxylation sites is 1. The molecular formula is C14H8F9NO. The molecule has 0 atom stereocenters. The van der Waals surface area contributed by atoms with Crippen molar-refractivity contribution in [3.8, 4) is 5.75 Å². The topological polar surface area (TPSA) is 22.1 Å². The normalized spacial score (nSPS) is 14.0. The molecule has 1 aromatic heterocycles. The van der Waals surface area contributed by atoms with Crippen molar-refractivity contribution in [1.82, 2.24) is 4.98 Å². The molecule has 0 unspecified atom stereocenters. The fraction of sp³-hybridized carbons (Fsp3) is 0.357. The molecule has 0 N–H and O–H groups in total. The molecule has 0 bridgehead atoms. The van der Waals surface area contributed by atoms with Gasteiger partial charge in [0.25, 0.3) is 0 Å². The molecule has 1 heterocycles. The summed E-state index contributed by atoms with van der Waals surface area (Å²) in [4.78, 5) is 3.74. The molecule has 11 heteroatoms. The first kappa shape index (κ1) is 19.1. The summed E-state index contributed by atoms with van der Waals surface area (Å²) in [5, 5.41) is 0.129. The van der Waals surface area contributed by atoms with Crippen LogP contribution >= 0.6 is 0 Å². The minimum Gasteiger partial charge on any atom is -0.426 e. The lowest BCUT2D eigenvalue weighted by atomic mass is 10.1. The SMILES string of the molecule is Cc1ccc2cccc(OC(F)(F)C(F)(F)C(F)(F)C(F)(F)F)c2n1. The minimum atomic E-state index is -7.02. The van der Waals surface area contributed by atoms with Crippen molar-refractivity contribution in [1.29, 1.82) is 0 Å². The number of nitrogens with zero attached hydrogens (tertiary/aromatic N) is 1. The van der Waals surface area contributed by atoms with Crippen LogP contribution in [0.2, 0.25) is 0 Å². The third kappa shape index (κ3) is 3.07. The maximum absolute atomic E-state index is 13.6. The fourth-order valence-corrected chi connectivity index (χ4v) is 1.86. The second kappa shape index (κ2) is 5.67. The highest BCUT2D eigenvalue weighted by atomic mass is 19.4. The Labute approximate surface area is 134 Å². The van der Waals surface area contributed by atoms with Gasteiger partial charge in [-0.3, -0.25) is 0 Å². The van der Waals surface area contributed by atoms with Crippen molar-refractivity contribution in [3.63, 3.8) is 0 Å². The fourth-order valence-electron chi connectivity index (χ4n) is 1.86. The first-order valence-electron chi connectivity index (χ1n) is 6.46. The first-order chi connectivity index (χ1) is 11.2. The van der Waals surface area contributed by atoms with E-state index >= 15 is 0 Å². The van der Waals surface area contributed by atoms with Gasteiger partial charge in [0.05, 0.1) is 0 Å². The van der Waals surface area contributed by atoms with Crippen LogP contribution in [0.25, 0.3) is 10.9 Å². The van der Waals surface area contributed by atoms with E-state index in [4.69, 9.17) is 0 Å². The Hall–Kier alpha value is -2.20. The Morgan fingerprint density at radius 1 is 0.800 bits per heavy atom. The van der Waals surface area contributed by atoms with Crippen LogP contribution < -0.4 is 4.74 Å². The molecule has 0 aliphatic carbocycles. The van der Waals surface area contributed by atoms with Crippen LogP contribution in [-0.4, -0.2) is 29.1 Å². The second-order valence-electron chi connectivity index (χ2n) is 5.05. The van der Waals surface area contributed by atoms with E-state index in [2.05, 4.69) is 9.72 Å². The molecule has 0 aliphatic rings. The summed E-state index contributed by atoms with van der Waals surface area (Å²) in [6.45, 7) is 1.42. The van der Waals surface area contributed by atoms with Gasteiger partial charge < -0.3 is 4.74 Å². The Morgan fingerprint density at radius 2 is 1.40 bits per heavy atom. The predicted octanol–water partition coefficient (Wildman–Crippen LogP) is 5.35. The van der Waals surface area contributed by atoms with Gasteiger partial charge in [-0.15, -0.1) is 0 Å². The first-order valence-corrected chi connectivity index (χ1v) is 6.46. The smallest absolute Gasteiger partial charge is 0.426 e. The number of rotatable bonds is 4. The van der Waals surface area contributed by atoms with E-state index < -0.39 is 35.4 Å². The van der Waals surface area contributed by atoms with E-state index in [1.54, 1.807) is 0 Å². The minimum absolute atomic E-state index is 0.129.